The monoisotopic (exact) mass is 364 g/mol. The largest absolute Gasteiger partial charge is 0.465 e. The minimum Gasteiger partial charge on any atom is -0.465 e. The maximum absolute atomic E-state index is 12.7. The van der Waals surface area contributed by atoms with E-state index in [0.29, 0.717) is 13.0 Å². The van der Waals surface area contributed by atoms with Gasteiger partial charge in [-0.25, -0.2) is 4.79 Å². The van der Waals surface area contributed by atoms with Crippen LogP contribution < -0.4 is 5.32 Å². The number of methoxy groups -OCH3 is 1. The molecule has 1 aromatic carbocycles. The Labute approximate surface area is 154 Å². The van der Waals surface area contributed by atoms with Gasteiger partial charge in [0.25, 0.3) is 0 Å². The summed E-state index contributed by atoms with van der Waals surface area (Å²) in [4.78, 5) is 25.4. The molecule has 0 aromatic heterocycles. The van der Waals surface area contributed by atoms with Crippen LogP contribution >= 0.6 is 0 Å². The van der Waals surface area contributed by atoms with Crippen molar-refractivity contribution >= 4 is 12.0 Å². The van der Waals surface area contributed by atoms with Crippen molar-refractivity contribution < 1.29 is 24.5 Å². The van der Waals surface area contributed by atoms with Crippen LogP contribution in [-0.2, 0) is 9.53 Å². The third-order valence-corrected chi connectivity index (χ3v) is 5.09. The number of carboxylic acid groups (broad SMARTS) is 1. The van der Waals surface area contributed by atoms with Gasteiger partial charge in [0.15, 0.2) is 0 Å². The molecule has 0 radical (unpaired) electrons. The Bertz CT molecular complexity index is 609. The zero-order valence-electron chi connectivity index (χ0n) is 15.5. The van der Waals surface area contributed by atoms with Crippen LogP contribution in [-0.4, -0.2) is 59.0 Å². The molecule has 0 spiro atoms. The second kappa shape index (κ2) is 9.00. The number of amides is 2. The molecule has 2 rings (SSSR count). The van der Waals surface area contributed by atoms with Crippen molar-refractivity contribution in [2.75, 3.05) is 13.7 Å². The number of nitrogens with zero attached hydrogens (tertiary/aromatic N) is 1. The molecule has 2 amide bonds. The molecular formula is C19H28N2O5. The summed E-state index contributed by atoms with van der Waals surface area (Å²) in [5.74, 6) is -0.813. The SMILES string of the molecule is CO[C@H]([C@@H](C)C(=O)N[C@H](C)[C@H](O)c1ccccc1)[C@@H]1CCCN1C(=O)O. The molecule has 5 atom stereocenters. The second-order valence-corrected chi connectivity index (χ2v) is 6.83. The van der Waals surface area contributed by atoms with Gasteiger partial charge >= 0.3 is 6.09 Å². The molecule has 0 saturated carbocycles. The second-order valence-electron chi connectivity index (χ2n) is 6.83. The molecule has 1 saturated heterocycles. The highest BCUT2D eigenvalue weighted by molar-refractivity contribution is 5.79. The van der Waals surface area contributed by atoms with Gasteiger partial charge in [0.2, 0.25) is 5.91 Å². The Hall–Kier alpha value is -2.12. The minimum absolute atomic E-state index is 0.267. The summed E-state index contributed by atoms with van der Waals surface area (Å²) in [6.45, 7) is 3.92. The van der Waals surface area contributed by atoms with Gasteiger partial charge in [0, 0.05) is 13.7 Å². The van der Waals surface area contributed by atoms with E-state index in [0.717, 1.165) is 12.0 Å². The summed E-state index contributed by atoms with van der Waals surface area (Å²) in [6, 6.07) is 8.31. The first kappa shape index (κ1) is 20.2. The smallest absolute Gasteiger partial charge is 0.407 e. The van der Waals surface area contributed by atoms with E-state index < -0.39 is 30.3 Å². The number of aliphatic hydroxyl groups is 1. The van der Waals surface area contributed by atoms with Gasteiger partial charge < -0.3 is 25.2 Å². The van der Waals surface area contributed by atoms with Crippen molar-refractivity contribution in [1.82, 2.24) is 10.2 Å². The average molecular weight is 364 g/mol. The number of likely N-dealkylation sites (tertiary alicyclic amines) is 1. The van der Waals surface area contributed by atoms with Crippen LogP contribution in [0.2, 0.25) is 0 Å². The van der Waals surface area contributed by atoms with E-state index in [1.54, 1.807) is 26.0 Å². The number of ether oxygens (including phenoxy) is 1. The predicted octanol–water partition coefficient (Wildman–Crippen LogP) is 2.02. The van der Waals surface area contributed by atoms with Crippen LogP contribution in [0.5, 0.6) is 0 Å². The summed E-state index contributed by atoms with van der Waals surface area (Å²) in [6.07, 6.45) is -0.918. The van der Waals surface area contributed by atoms with Crippen LogP contribution in [0.4, 0.5) is 4.79 Å². The van der Waals surface area contributed by atoms with Crippen LogP contribution in [0.1, 0.15) is 38.4 Å². The van der Waals surface area contributed by atoms with Crippen LogP contribution in [0.3, 0.4) is 0 Å². The highest BCUT2D eigenvalue weighted by Gasteiger charge is 2.40. The lowest BCUT2D eigenvalue weighted by atomic mass is 9.94. The third kappa shape index (κ3) is 4.53. The Kier molecular flexibility index (Phi) is 6.99. The van der Waals surface area contributed by atoms with Crippen molar-refractivity contribution in [3.63, 3.8) is 0 Å². The van der Waals surface area contributed by atoms with Crippen molar-refractivity contribution in [2.24, 2.45) is 5.92 Å². The molecule has 7 nitrogen and oxygen atoms in total. The van der Waals surface area contributed by atoms with Gasteiger partial charge in [-0.2, -0.15) is 0 Å². The molecule has 3 N–H and O–H groups in total. The van der Waals surface area contributed by atoms with Crippen molar-refractivity contribution in [2.45, 2.75) is 51.0 Å². The molecule has 0 unspecified atom stereocenters. The quantitative estimate of drug-likeness (QED) is 0.687. The number of carbonyl (C=O) groups excluding carboxylic acids is 1. The van der Waals surface area contributed by atoms with Crippen molar-refractivity contribution in [3.05, 3.63) is 35.9 Å². The van der Waals surface area contributed by atoms with E-state index >= 15 is 0 Å². The average Bonchev–Trinajstić information content (AvgIpc) is 3.12. The number of rotatable bonds is 7. The number of benzene rings is 1. The molecule has 1 fully saturated rings. The molecule has 1 heterocycles. The number of nitrogens with one attached hydrogen (secondary N) is 1. The van der Waals surface area contributed by atoms with Gasteiger partial charge in [0.1, 0.15) is 0 Å². The summed E-state index contributed by atoms with van der Waals surface area (Å²) < 4.78 is 5.50. The maximum Gasteiger partial charge on any atom is 0.407 e. The van der Waals surface area contributed by atoms with E-state index in [9.17, 15) is 19.8 Å². The lowest BCUT2D eigenvalue weighted by molar-refractivity contribution is -0.132. The van der Waals surface area contributed by atoms with Gasteiger partial charge in [0.05, 0.1) is 30.2 Å². The molecule has 26 heavy (non-hydrogen) atoms. The summed E-state index contributed by atoms with van der Waals surface area (Å²) >= 11 is 0. The molecule has 144 valence electrons. The van der Waals surface area contributed by atoms with E-state index in [1.165, 1.54) is 12.0 Å². The summed E-state index contributed by atoms with van der Waals surface area (Å²) in [5.41, 5.74) is 0.726. The minimum atomic E-state index is -0.991. The molecular weight excluding hydrogens is 336 g/mol. The number of hydrogen-bond acceptors (Lipinski definition) is 4. The molecule has 7 heteroatoms. The first-order chi connectivity index (χ1) is 12.4. The zero-order valence-corrected chi connectivity index (χ0v) is 15.5. The number of carbonyl (C=O) groups is 2. The maximum atomic E-state index is 12.7. The number of hydrogen-bond donors (Lipinski definition) is 3. The van der Waals surface area contributed by atoms with Crippen molar-refractivity contribution in [3.8, 4) is 0 Å². The first-order valence-corrected chi connectivity index (χ1v) is 8.92. The standard InChI is InChI=1S/C19H28N2O5/c1-12(17(26-3)15-10-7-11-21(15)19(24)25)18(23)20-13(2)16(22)14-8-5-4-6-9-14/h4-6,8-9,12-13,15-17,22H,7,10-11H2,1-3H3,(H,20,23)(H,24,25)/t12-,13-,15+,16+,17-/m1/s1. The Morgan fingerprint density at radius 3 is 2.50 bits per heavy atom. The van der Waals surface area contributed by atoms with Crippen LogP contribution in [0, 0.1) is 5.92 Å². The van der Waals surface area contributed by atoms with Gasteiger partial charge in [-0.05, 0) is 25.3 Å². The zero-order chi connectivity index (χ0) is 19.3. The van der Waals surface area contributed by atoms with E-state index in [-0.39, 0.29) is 11.9 Å². The Morgan fingerprint density at radius 2 is 1.92 bits per heavy atom. The van der Waals surface area contributed by atoms with Gasteiger partial charge in [-0.15, -0.1) is 0 Å². The van der Waals surface area contributed by atoms with Gasteiger partial charge in [-0.3, -0.25) is 4.79 Å². The number of aliphatic hydroxyl groups excluding tert-OH is 1. The summed E-state index contributed by atoms with van der Waals surface area (Å²) in [7, 11) is 1.50. The normalized spacial score (nSPS) is 21.7. The molecule has 1 aliphatic heterocycles. The lowest BCUT2D eigenvalue weighted by Gasteiger charge is -2.33. The summed E-state index contributed by atoms with van der Waals surface area (Å²) in [5, 5.41) is 22.6. The fourth-order valence-corrected chi connectivity index (χ4v) is 3.59. The first-order valence-electron chi connectivity index (χ1n) is 8.92. The van der Waals surface area contributed by atoms with Gasteiger partial charge in [-0.1, -0.05) is 37.3 Å². The Morgan fingerprint density at radius 1 is 1.27 bits per heavy atom. The fraction of sp³-hybridized carbons (Fsp3) is 0.579. The molecule has 1 aromatic rings. The fourth-order valence-electron chi connectivity index (χ4n) is 3.59. The highest BCUT2D eigenvalue weighted by atomic mass is 16.5. The van der Waals surface area contributed by atoms with E-state index in [4.69, 9.17) is 4.74 Å². The molecule has 0 bridgehead atoms. The predicted molar refractivity (Wildman–Crippen MR) is 96.7 cm³/mol. The highest BCUT2D eigenvalue weighted by Crippen LogP contribution is 2.26. The Balaban J connectivity index is 2.01. The van der Waals surface area contributed by atoms with Crippen molar-refractivity contribution in [1.29, 1.82) is 0 Å². The van der Waals surface area contributed by atoms with E-state index in [2.05, 4.69) is 5.32 Å². The van der Waals surface area contributed by atoms with Crippen LogP contribution in [0.15, 0.2) is 30.3 Å². The lowest BCUT2D eigenvalue weighted by Crippen LogP contribution is -2.51. The molecule has 1 aliphatic rings. The third-order valence-electron chi connectivity index (χ3n) is 5.09. The van der Waals surface area contributed by atoms with E-state index in [1.807, 2.05) is 18.2 Å². The topological polar surface area (TPSA) is 99.1 Å². The molecule has 0 aliphatic carbocycles. The van der Waals surface area contributed by atoms with Crippen LogP contribution in [0.25, 0.3) is 0 Å².